The molecule has 0 atom stereocenters. The zero-order chi connectivity index (χ0) is 16.2. The van der Waals surface area contributed by atoms with Gasteiger partial charge in [0.25, 0.3) is 0 Å². The van der Waals surface area contributed by atoms with E-state index in [0.717, 1.165) is 19.3 Å². The van der Waals surface area contributed by atoms with Crippen LogP contribution in [-0.2, 0) is 19.6 Å². The SMILES string of the molecule is COC(=O)C1(NS(=O)(=O)c2ccc(OC)cc2)CCCCC1. The molecule has 22 heavy (non-hydrogen) atoms. The third-order valence-corrected chi connectivity index (χ3v) is 5.53. The average molecular weight is 327 g/mol. The van der Waals surface area contributed by atoms with Crippen LogP contribution in [0.1, 0.15) is 32.1 Å². The van der Waals surface area contributed by atoms with E-state index >= 15 is 0 Å². The minimum absolute atomic E-state index is 0.0992. The van der Waals surface area contributed by atoms with Crippen LogP contribution >= 0.6 is 0 Å². The third kappa shape index (κ3) is 3.41. The largest absolute Gasteiger partial charge is 0.497 e. The molecular weight excluding hydrogens is 306 g/mol. The van der Waals surface area contributed by atoms with E-state index in [1.807, 2.05) is 0 Å². The molecule has 0 amide bonds. The van der Waals surface area contributed by atoms with E-state index in [1.165, 1.54) is 26.4 Å². The maximum Gasteiger partial charge on any atom is 0.327 e. The van der Waals surface area contributed by atoms with Gasteiger partial charge in [0.2, 0.25) is 10.0 Å². The zero-order valence-electron chi connectivity index (χ0n) is 12.8. The first kappa shape index (κ1) is 16.8. The van der Waals surface area contributed by atoms with Gasteiger partial charge in [0, 0.05) is 0 Å². The van der Waals surface area contributed by atoms with Crippen molar-refractivity contribution in [1.82, 2.24) is 4.72 Å². The van der Waals surface area contributed by atoms with Gasteiger partial charge in [-0.1, -0.05) is 19.3 Å². The van der Waals surface area contributed by atoms with Crippen molar-refractivity contribution in [2.45, 2.75) is 42.5 Å². The van der Waals surface area contributed by atoms with Gasteiger partial charge in [0.1, 0.15) is 11.3 Å². The van der Waals surface area contributed by atoms with Crippen molar-refractivity contribution in [3.63, 3.8) is 0 Å². The molecule has 1 saturated carbocycles. The van der Waals surface area contributed by atoms with Crippen LogP contribution in [-0.4, -0.2) is 34.1 Å². The Morgan fingerprint density at radius 1 is 1.09 bits per heavy atom. The molecule has 0 unspecified atom stereocenters. The normalized spacial score (nSPS) is 17.7. The van der Waals surface area contributed by atoms with Crippen molar-refractivity contribution in [3.05, 3.63) is 24.3 Å². The summed E-state index contributed by atoms with van der Waals surface area (Å²) in [6.07, 6.45) is 3.48. The van der Waals surface area contributed by atoms with Crippen LogP contribution in [0, 0.1) is 0 Å². The molecule has 1 N–H and O–H groups in total. The van der Waals surface area contributed by atoms with E-state index in [1.54, 1.807) is 12.1 Å². The van der Waals surface area contributed by atoms with Gasteiger partial charge in [-0.25, -0.2) is 8.42 Å². The molecule has 0 bridgehead atoms. The Hall–Kier alpha value is -1.60. The summed E-state index contributed by atoms with van der Waals surface area (Å²) in [4.78, 5) is 12.2. The summed E-state index contributed by atoms with van der Waals surface area (Å²) in [6, 6.07) is 6.05. The van der Waals surface area contributed by atoms with E-state index in [0.29, 0.717) is 18.6 Å². The van der Waals surface area contributed by atoms with Crippen molar-refractivity contribution in [2.24, 2.45) is 0 Å². The average Bonchev–Trinajstić information content (AvgIpc) is 2.54. The fourth-order valence-corrected chi connectivity index (χ4v) is 4.18. The molecule has 122 valence electrons. The first-order chi connectivity index (χ1) is 10.4. The van der Waals surface area contributed by atoms with E-state index < -0.39 is 21.5 Å². The van der Waals surface area contributed by atoms with Crippen LogP contribution in [0.3, 0.4) is 0 Å². The maximum absolute atomic E-state index is 12.6. The second-order valence-electron chi connectivity index (χ2n) is 5.42. The molecule has 2 rings (SSSR count). The second-order valence-corrected chi connectivity index (χ2v) is 7.10. The number of ether oxygens (including phenoxy) is 2. The van der Waals surface area contributed by atoms with Gasteiger partial charge >= 0.3 is 5.97 Å². The summed E-state index contributed by atoms with van der Waals surface area (Å²) in [6.45, 7) is 0. The highest BCUT2D eigenvalue weighted by atomic mass is 32.2. The first-order valence-corrected chi connectivity index (χ1v) is 8.68. The summed E-state index contributed by atoms with van der Waals surface area (Å²) in [5.41, 5.74) is -1.16. The van der Waals surface area contributed by atoms with E-state index in [2.05, 4.69) is 4.72 Å². The fraction of sp³-hybridized carbons (Fsp3) is 0.533. The molecule has 0 heterocycles. The summed E-state index contributed by atoms with van der Waals surface area (Å²) in [5, 5.41) is 0. The van der Waals surface area contributed by atoms with Gasteiger partial charge in [-0.05, 0) is 37.1 Å². The fourth-order valence-electron chi connectivity index (χ4n) is 2.77. The van der Waals surface area contributed by atoms with Gasteiger partial charge < -0.3 is 9.47 Å². The predicted molar refractivity (Wildman–Crippen MR) is 81.1 cm³/mol. The molecule has 0 aromatic heterocycles. The van der Waals surface area contributed by atoms with Crippen LogP contribution in [0.25, 0.3) is 0 Å². The Kier molecular flexibility index (Phi) is 5.08. The topological polar surface area (TPSA) is 81.7 Å². The Morgan fingerprint density at radius 2 is 1.68 bits per heavy atom. The quantitative estimate of drug-likeness (QED) is 0.835. The van der Waals surface area contributed by atoms with Crippen molar-refractivity contribution in [3.8, 4) is 5.75 Å². The number of rotatable bonds is 5. The second kappa shape index (κ2) is 6.66. The van der Waals surface area contributed by atoms with Crippen molar-refractivity contribution >= 4 is 16.0 Å². The monoisotopic (exact) mass is 327 g/mol. The van der Waals surface area contributed by atoms with Crippen LogP contribution in [0.2, 0.25) is 0 Å². The van der Waals surface area contributed by atoms with Crippen LogP contribution < -0.4 is 9.46 Å². The minimum Gasteiger partial charge on any atom is -0.497 e. The molecule has 0 aliphatic heterocycles. The number of nitrogens with one attached hydrogen (secondary N) is 1. The maximum atomic E-state index is 12.6. The number of esters is 1. The lowest BCUT2D eigenvalue weighted by Gasteiger charge is -2.34. The molecule has 1 aliphatic carbocycles. The minimum atomic E-state index is -3.80. The van der Waals surface area contributed by atoms with Gasteiger partial charge in [-0.2, -0.15) is 4.72 Å². The number of hydrogen-bond donors (Lipinski definition) is 1. The van der Waals surface area contributed by atoms with E-state index in [9.17, 15) is 13.2 Å². The molecule has 1 aliphatic rings. The van der Waals surface area contributed by atoms with E-state index in [4.69, 9.17) is 9.47 Å². The van der Waals surface area contributed by atoms with Gasteiger partial charge in [0.15, 0.2) is 0 Å². The smallest absolute Gasteiger partial charge is 0.327 e. The zero-order valence-corrected chi connectivity index (χ0v) is 13.6. The highest BCUT2D eigenvalue weighted by molar-refractivity contribution is 7.89. The molecule has 6 nitrogen and oxygen atoms in total. The van der Waals surface area contributed by atoms with Crippen molar-refractivity contribution in [1.29, 1.82) is 0 Å². The molecule has 0 saturated heterocycles. The van der Waals surface area contributed by atoms with Gasteiger partial charge in [0.05, 0.1) is 19.1 Å². The highest BCUT2D eigenvalue weighted by Gasteiger charge is 2.44. The number of carbonyl (C=O) groups is 1. The predicted octanol–water partition coefficient (Wildman–Crippen LogP) is 1.85. The Bertz CT molecular complexity index is 618. The van der Waals surface area contributed by atoms with Gasteiger partial charge in [-0.3, -0.25) is 4.79 Å². The van der Waals surface area contributed by atoms with Crippen LogP contribution in [0.5, 0.6) is 5.75 Å². The number of hydrogen-bond acceptors (Lipinski definition) is 5. The van der Waals surface area contributed by atoms with Crippen molar-refractivity contribution in [2.75, 3.05) is 14.2 Å². The lowest BCUT2D eigenvalue weighted by Crippen LogP contribution is -2.55. The van der Waals surface area contributed by atoms with Crippen LogP contribution in [0.15, 0.2) is 29.2 Å². The number of benzene rings is 1. The highest BCUT2D eigenvalue weighted by Crippen LogP contribution is 2.31. The molecular formula is C15H21NO5S. The first-order valence-electron chi connectivity index (χ1n) is 7.20. The summed E-state index contributed by atoms with van der Waals surface area (Å²) >= 11 is 0. The summed E-state index contributed by atoms with van der Waals surface area (Å²) in [7, 11) is -1.02. The lowest BCUT2D eigenvalue weighted by atomic mass is 9.83. The van der Waals surface area contributed by atoms with E-state index in [-0.39, 0.29) is 4.90 Å². The number of sulfonamides is 1. The van der Waals surface area contributed by atoms with Crippen LogP contribution in [0.4, 0.5) is 0 Å². The third-order valence-electron chi connectivity index (χ3n) is 3.98. The Labute approximate surface area is 130 Å². The standard InChI is InChI=1S/C15H21NO5S/c1-20-12-6-8-13(9-7-12)22(18,19)16-15(14(17)21-2)10-4-3-5-11-15/h6-9,16H,3-5,10-11H2,1-2H3. The molecule has 7 heteroatoms. The molecule has 1 aromatic rings. The number of carbonyl (C=O) groups excluding carboxylic acids is 1. The molecule has 1 fully saturated rings. The van der Waals surface area contributed by atoms with Crippen molar-refractivity contribution < 1.29 is 22.7 Å². The number of methoxy groups -OCH3 is 2. The molecule has 0 spiro atoms. The lowest BCUT2D eigenvalue weighted by molar-refractivity contribution is -0.149. The Morgan fingerprint density at radius 3 is 2.18 bits per heavy atom. The molecule has 1 aromatic carbocycles. The van der Waals surface area contributed by atoms with Gasteiger partial charge in [-0.15, -0.1) is 0 Å². The molecule has 0 radical (unpaired) electrons. The summed E-state index contributed by atoms with van der Waals surface area (Å²) < 4.78 is 37.5. The Balaban J connectivity index is 2.29. The summed E-state index contributed by atoms with van der Waals surface area (Å²) in [5.74, 6) is 0.0450.